The highest BCUT2D eigenvalue weighted by atomic mass is 35.5. The molecule has 8 heteroatoms. The number of fused-ring (bicyclic) bond motifs is 1. The number of aromatic nitrogens is 2. The maximum Gasteiger partial charge on any atom is 0.195 e. The van der Waals surface area contributed by atoms with Gasteiger partial charge in [0.25, 0.3) is 0 Å². The minimum Gasteiger partial charge on any atom is -0.359 e. The molecule has 112 valence electrons. The Kier molecular flexibility index (Phi) is 4.72. The van der Waals surface area contributed by atoms with E-state index in [9.17, 15) is 0 Å². The molecule has 0 unspecified atom stereocenters. The highest BCUT2D eigenvalue weighted by Crippen LogP contribution is 2.19. The fourth-order valence-electron chi connectivity index (χ4n) is 2.51. The summed E-state index contributed by atoms with van der Waals surface area (Å²) in [7, 11) is 0. The van der Waals surface area contributed by atoms with Crippen molar-refractivity contribution in [2.24, 2.45) is 5.10 Å². The molecule has 0 bridgehead atoms. The molecular formula is C13H16ClN5S2. The van der Waals surface area contributed by atoms with Crippen LogP contribution in [-0.4, -0.2) is 26.8 Å². The molecule has 2 aromatic heterocycles. The van der Waals surface area contributed by atoms with Crippen LogP contribution in [0.15, 0.2) is 16.7 Å². The SMILES string of the molecule is S=C(N/N=C/c1c(Cl)nc2sccn12)NC1CCCCC1. The third kappa shape index (κ3) is 3.53. The van der Waals surface area contributed by atoms with E-state index in [1.54, 1.807) is 6.21 Å². The summed E-state index contributed by atoms with van der Waals surface area (Å²) in [6, 6.07) is 0.469. The fourth-order valence-corrected chi connectivity index (χ4v) is 3.72. The lowest BCUT2D eigenvalue weighted by atomic mass is 9.96. The number of halogens is 1. The Morgan fingerprint density at radius 1 is 1.48 bits per heavy atom. The molecule has 21 heavy (non-hydrogen) atoms. The molecular weight excluding hydrogens is 326 g/mol. The van der Waals surface area contributed by atoms with Gasteiger partial charge in [0, 0.05) is 17.6 Å². The second-order valence-corrected chi connectivity index (χ2v) is 6.66. The first kappa shape index (κ1) is 14.7. The monoisotopic (exact) mass is 341 g/mol. The van der Waals surface area contributed by atoms with Crippen LogP contribution in [0.4, 0.5) is 0 Å². The number of nitrogens with zero attached hydrogens (tertiary/aromatic N) is 3. The van der Waals surface area contributed by atoms with Crippen LogP contribution >= 0.6 is 35.2 Å². The van der Waals surface area contributed by atoms with E-state index in [1.165, 1.54) is 43.4 Å². The number of thiocarbonyl (C=S) groups is 1. The fraction of sp³-hybridized carbons (Fsp3) is 0.462. The smallest absolute Gasteiger partial charge is 0.195 e. The van der Waals surface area contributed by atoms with Gasteiger partial charge in [0.1, 0.15) is 5.69 Å². The van der Waals surface area contributed by atoms with E-state index < -0.39 is 0 Å². The number of imidazole rings is 1. The van der Waals surface area contributed by atoms with Crippen molar-refractivity contribution in [1.82, 2.24) is 20.1 Å². The Morgan fingerprint density at radius 2 is 2.29 bits per heavy atom. The molecule has 0 amide bonds. The van der Waals surface area contributed by atoms with Gasteiger partial charge in [-0.1, -0.05) is 30.9 Å². The van der Waals surface area contributed by atoms with Crippen LogP contribution in [0.3, 0.4) is 0 Å². The quantitative estimate of drug-likeness (QED) is 0.511. The first-order valence-electron chi connectivity index (χ1n) is 6.94. The highest BCUT2D eigenvalue weighted by Gasteiger charge is 2.13. The number of hydrazone groups is 1. The molecule has 0 spiro atoms. The molecule has 0 radical (unpaired) electrons. The lowest BCUT2D eigenvalue weighted by molar-refractivity contribution is 0.412. The molecule has 0 aromatic carbocycles. The number of hydrogen-bond donors (Lipinski definition) is 2. The van der Waals surface area contributed by atoms with Crippen molar-refractivity contribution < 1.29 is 0 Å². The molecule has 1 fully saturated rings. The summed E-state index contributed by atoms with van der Waals surface area (Å²) >= 11 is 12.9. The summed E-state index contributed by atoms with van der Waals surface area (Å²) in [5, 5.41) is 10.4. The molecule has 2 aromatic rings. The zero-order chi connectivity index (χ0) is 14.7. The average molecular weight is 342 g/mol. The van der Waals surface area contributed by atoms with E-state index in [4.69, 9.17) is 23.8 Å². The van der Waals surface area contributed by atoms with Gasteiger partial charge in [-0.3, -0.25) is 9.83 Å². The summed E-state index contributed by atoms with van der Waals surface area (Å²) in [5.74, 6) is 0. The van der Waals surface area contributed by atoms with E-state index in [1.807, 2.05) is 16.0 Å². The maximum absolute atomic E-state index is 6.09. The van der Waals surface area contributed by atoms with Gasteiger partial charge in [0.05, 0.1) is 6.21 Å². The Balaban J connectivity index is 1.57. The summed E-state index contributed by atoms with van der Waals surface area (Å²) in [6.45, 7) is 0. The third-order valence-electron chi connectivity index (χ3n) is 3.55. The van der Waals surface area contributed by atoms with Gasteiger partial charge in [0.2, 0.25) is 0 Å². The largest absolute Gasteiger partial charge is 0.359 e. The lowest BCUT2D eigenvalue weighted by Crippen LogP contribution is -2.40. The number of hydrogen-bond acceptors (Lipinski definition) is 4. The summed E-state index contributed by atoms with van der Waals surface area (Å²) in [4.78, 5) is 5.10. The lowest BCUT2D eigenvalue weighted by Gasteiger charge is -2.23. The Morgan fingerprint density at radius 3 is 3.10 bits per heavy atom. The van der Waals surface area contributed by atoms with Gasteiger partial charge in [-0.2, -0.15) is 5.10 Å². The maximum atomic E-state index is 6.09. The van der Waals surface area contributed by atoms with E-state index in [2.05, 4.69) is 20.8 Å². The van der Waals surface area contributed by atoms with Crippen molar-refractivity contribution in [3.8, 4) is 0 Å². The van der Waals surface area contributed by atoms with Gasteiger partial charge in [-0.15, -0.1) is 11.3 Å². The molecule has 1 aliphatic rings. The van der Waals surface area contributed by atoms with Crippen molar-refractivity contribution in [3.05, 3.63) is 22.4 Å². The van der Waals surface area contributed by atoms with Crippen LogP contribution in [-0.2, 0) is 0 Å². The minimum atomic E-state index is 0.443. The van der Waals surface area contributed by atoms with Crippen LogP contribution in [0, 0.1) is 0 Å². The first-order chi connectivity index (χ1) is 10.2. The topological polar surface area (TPSA) is 53.7 Å². The van der Waals surface area contributed by atoms with Gasteiger partial charge < -0.3 is 5.32 Å². The van der Waals surface area contributed by atoms with E-state index >= 15 is 0 Å². The standard InChI is InChI=1S/C13H16ClN5S2/c14-11-10(19-6-7-21-13(19)17-11)8-15-18-12(20)16-9-4-2-1-3-5-9/h6-9H,1-5H2,(H2,16,18,20)/b15-8+. The summed E-state index contributed by atoms with van der Waals surface area (Å²) in [6.07, 6.45) is 9.77. The first-order valence-corrected chi connectivity index (χ1v) is 8.61. The molecule has 0 atom stereocenters. The molecule has 3 rings (SSSR count). The second kappa shape index (κ2) is 6.72. The predicted octanol–water partition coefficient (Wildman–Crippen LogP) is 3.18. The predicted molar refractivity (Wildman–Crippen MR) is 91.4 cm³/mol. The van der Waals surface area contributed by atoms with E-state index in [0.29, 0.717) is 16.3 Å². The van der Waals surface area contributed by atoms with E-state index in [-0.39, 0.29) is 0 Å². The molecule has 2 N–H and O–H groups in total. The normalized spacial score (nSPS) is 16.6. The molecule has 0 saturated heterocycles. The highest BCUT2D eigenvalue weighted by molar-refractivity contribution is 7.80. The van der Waals surface area contributed by atoms with Gasteiger partial charge in [0.15, 0.2) is 15.2 Å². The van der Waals surface area contributed by atoms with Gasteiger partial charge in [-0.05, 0) is 25.1 Å². The summed E-state index contributed by atoms with van der Waals surface area (Å²) in [5.41, 5.74) is 3.60. The Hall–Kier alpha value is -1.18. The van der Waals surface area contributed by atoms with Crippen LogP contribution in [0.25, 0.3) is 4.96 Å². The number of rotatable bonds is 3. The Labute approximate surface area is 137 Å². The second-order valence-electron chi connectivity index (χ2n) is 5.02. The minimum absolute atomic E-state index is 0.443. The average Bonchev–Trinajstić information content (AvgIpc) is 3.02. The zero-order valence-electron chi connectivity index (χ0n) is 11.4. The molecule has 5 nitrogen and oxygen atoms in total. The summed E-state index contributed by atoms with van der Waals surface area (Å²) < 4.78 is 1.90. The van der Waals surface area contributed by atoms with Crippen LogP contribution < -0.4 is 10.7 Å². The van der Waals surface area contributed by atoms with Crippen LogP contribution in [0.5, 0.6) is 0 Å². The van der Waals surface area contributed by atoms with Crippen molar-refractivity contribution in [2.45, 2.75) is 38.1 Å². The van der Waals surface area contributed by atoms with E-state index in [0.717, 1.165) is 10.7 Å². The zero-order valence-corrected chi connectivity index (χ0v) is 13.8. The van der Waals surface area contributed by atoms with Crippen molar-refractivity contribution in [1.29, 1.82) is 0 Å². The van der Waals surface area contributed by atoms with Crippen LogP contribution in [0.2, 0.25) is 5.15 Å². The molecule has 0 aliphatic heterocycles. The third-order valence-corrected chi connectivity index (χ3v) is 4.79. The Bertz CT molecular complexity index is 657. The van der Waals surface area contributed by atoms with Gasteiger partial charge >= 0.3 is 0 Å². The van der Waals surface area contributed by atoms with Crippen molar-refractivity contribution in [3.63, 3.8) is 0 Å². The van der Waals surface area contributed by atoms with Gasteiger partial charge in [-0.25, -0.2) is 4.98 Å². The number of thiazole rings is 1. The molecule has 1 saturated carbocycles. The van der Waals surface area contributed by atoms with Crippen LogP contribution in [0.1, 0.15) is 37.8 Å². The van der Waals surface area contributed by atoms with Crippen molar-refractivity contribution in [2.75, 3.05) is 0 Å². The molecule has 2 heterocycles. The molecule has 1 aliphatic carbocycles. The van der Waals surface area contributed by atoms with Crippen molar-refractivity contribution >= 4 is 51.4 Å². The number of nitrogens with one attached hydrogen (secondary N) is 2.